The van der Waals surface area contributed by atoms with E-state index >= 15 is 0 Å². The second-order valence-electron chi connectivity index (χ2n) is 4.18. The van der Waals surface area contributed by atoms with Gasteiger partial charge in [-0.25, -0.2) is 0 Å². The molecule has 1 saturated heterocycles. The number of para-hydroxylation sites is 1. The summed E-state index contributed by atoms with van der Waals surface area (Å²) in [6.07, 6.45) is 1.47. The minimum atomic E-state index is 0.190. The Bertz CT molecular complexity index is 315. The first-order chi connectivity index (χ1) is 7.79. The molecule has 0 N–H and O–H groups in total. The zero-order chi connectivity index (χ0) is 11.4. The molecule has 1 fully saturated rings. The second-order valence-corrected chi connectivity index (χ2v) is 4.18. The fourth-order valence-electron chi connectivity index (χ4n) is 2.01. The van der Waals surface area contributed by atoms with E-state index in [1.165, 1.54) is 0 Å². The van der Waals surface area contributed by atoms with Crippen LogP contribution in [0.25, 0.3) is 0 Å². The van der Waals surface area contributed by atoms with Crippen LogP contribution >= 0.6 is 0 Å². The van der Waals surface area contributed by atoms with E-state index in [9.17, 15) is 0 Å². The average Bonchev–Trinajstić information content (AvgIpc) is 2.69. The molecule has 1 heterocycles. The average molecular weight is 221 g/mol. The smallest absolute Gasteiger partial charge is 0.119 e. The largest absolute Gasteiger partial charge is 0.491 e. The third kappa shape index (κ3) is 2.74. The Balaban J connectivity index is 1.80. The summed E-state index contributed by atoms with van der Waals surface area (Å²) in [6, 6.07) is 9.88. The van der Waals surface area contributed by atoms with Gasteiger partial charge >= 0.3 is 0 Å². The summed E-state index contributed by atoms with van der Waals surface area (Å²) in [6.45, 7) is 3.72. The Morgan fingerprint density at radius 1 is 1.38 bits per heavy atom. The van der Waals surface area contributed by atoms with Crippen molar-refractivity contribution in [3.05, 3.63) is 30.3 Å². The Labute approximate surface area is 97.0 Å². The van der Waals surface area contributed by atoms with Crippen LogP contribution in [0.5, 0.6) is 5.75 Å². The number of nitrogens with zero attached hydrogens (tertiary/aromatic N) is 1. The van der Waals surface area contributed by atoms with Gasteiger partial charge in [0.05, 0.1) is 0 Å². The topological polar surface area (TPSA) is 21.7 Å². The van der Waals surface area contributed by atoms with E-state index in [-0.39, 0.29) is 12.3 Å². The number of benzene rings is 1. The van der Waals surface area contributed by atoms with Crippen molar-refractivity contribution in [2.75, 3.05) is 20.2 Å². The van der Waals surface area contributed by atoms with Gasteiger partial charge in [0, 0.05) is 6.54 Å². The lowest BCUT2D eigenvalue weighted by Gasteiger charge is -2.14. The van der Waals surface area contributed by atoms with Crippen molar-refractivity contribution < 1.29 is 9.47 Å². The standard InChI is InChI=1S/C13H19NO2/c1-3-13-14(2)9-12(16-13)10-15-11-7-5-4-6-8-11/h4-8,12-13H,3,9-10H2,1-2H3. The first kappa shape index (κ1) is 11.4. The van der Waals surface area contributed by atoms with Crippen LogP contribution in [-0.2, 0) is 4.74 Å². The molecule has 1 aromatic rings. The van der Waals surface area contributed by atoms with Crippen molar-refractivity contribution in [2.24, 2.45) is 0 Å². The Kier molecular flexibility index (Phi) is 3.80. The van der Waals surface area contributed by atoms with Gasteiger partial charge in [-0.2, -0.15) is 0 Å². The van der Waals surface area contributed by atoms with Crippen molar-refractivity contribution in [3.63, 3.8) is 0 Å². The lowest BCUT2D eigenvalue weighted by atomic mass is 10.3. The lowest BCUT2D eigenvalue weighted by Crippen LogP contribution is -2.25. The molecule has 0 saturated carbocycles. The zero-order valence-electron chi connectivity index (χ0n) is 9.93. The van der Waals surface area contributed by atoms with Gasteiger partial charge in [-0.15, -0.1) is 0 Å². The molecule has 0 amide bonds. The fraction of sp³-hybridized carbons (Fsp3) is 0.538. The molecule has 3 heteroatoms. The molecule has 2 unspecified atom stereocenters. The van der Waals surface area contributed by atoms with Crippen LogP contribution in [0.1, 0.15) is 13.3 Å². The first-order valence-corrected chi connectivity index (χ1v) is 5.83. The van der Waals surface area contributed by atoms with Gasteiger partial charge < -0.3 is 9.47 Å². The summed E-state index contributed by atoms with van der Waals surface area (Å²) in [5, 5.41) is 0. The fourth-order valence-corrected chi connectivity index (χ4v) is 2.01. The molecule has 0 spiro atoms. The quantitative estimate of drug-likeness (QED) is 0.777. The van der Waals surface area contributed by atoms with E-state index in [1.54, 1.807) is 0 Å². The zero-order valence-corrected chi connectivity index (χ0v) is 9.93. The molecule has 1 aliphatic heterocycles. The number of rotatable bonds is 4. The van der Waals surface area contributed by atoms with Crippen LogP contribution in [0.2, 0.25) is 0 Å². The van der Waals surface area contributed by atoms with Crippen LogP contribution in [0.15, 0.2) is 30.3 Å². The lowest BCUT2D eigenvalue weighted by molar-refractivity contribution is -0.00982. The predicted molar refractivity (Wildman–Crippen MR) is 63.5 cm³/mol. The van der Waals surface area contributed by atoms with Crippen molar-refractivity contribution >= 4 is 0 Å². The van der Waals surface area contributed by atoms with Gasteiger partial charge in [0.1, 0.15) is 24.7 Å². The van der Waals surface area contributed by atoms with Crippen LogP contribution in [0.3, 0.4) is 0 Å². The van der Waals surface area contributed by atoms with E-state index in [0.717, 1.165) is 18.7 Å². The Hall–Kier alpha value is -1.06. The summed E-state index contributed by atoms with van der Waals surface area (Å²) < 4.78 is 11.5. The SMILES string of the molecule is CCC1OC(COc2ccccc2)CN1C. The van der Waals surface area contributed by atoms with Crippen LogP contribution in [0.4, 0.5) is 0 Å². The molecule has 1 aliphatic rings. The minimum absolute atomic E-state index is 0.190. The Morgan fingerprint density at radius 3 is 2.75 bits per heavy atom. The highest BCUT2D eigenvalue weighted by molar-refractivity contribution is 5.20. The molecular formula is C13H19NO2. The maximum atomic E-state index is 5.85. The molecule has 3 nitrogen and oxygen atoms in total. The van der Waals surface area contributed by atoms with E-state index in [1.807, 2.05) is 30.3 Å². The van der Waals surface area contributed by atoms with Crippen molar-refractivity contribution in [1.29, 1.82) is 0 Å². The normalized spacial score (nSPS) is 25.9. The molecular weight excluding hydrogens is 202 g/mol. The molecule has 0 aromatic heterocycles. The van der Waals surface area contributed by atoms with Crippen molar-refractivity contribution in [2.45, 2.75) is 25.7 Å². The van der Waals surface area contributed by atoms with Gasteiger partial charge in [0.15, 0.2) is 0 Å². The monoisotopic (exact) mass is 221 g/mol. The minimum Gasteiger partial charge on any atom is -0.491 e. The maximum Gasteiger partial charge on any atom is 0.119 e. The summed E-state index contributed by atoms with van der Waals surface area (Å²) in [5.74, 6) is 0.911. The van der Waals surface area contributed by atoms with Crippen LogP contribution in [-0.4, -0.2) is 37.4 Å². The molecule has 0 aliphatic carbocycles. The predicted octanol–water partition coefficient (Wildman–Crippen LogP) is 2.13. The molecule has 2 atom stereocenters. The summed E-state index contributed by atoms with van der Waals surface area (Å²) >= 11 is 0. The van der Waals surface area contributed by atoms with Crippen LogP contribution in [0, 0.1) is 0 Å². The molecule has 88 valence electrons. The van der Waals surface area contributed by atoms with E-state index in [2.05, 4.69) is 18.9 Å². The summed E-state index contributed by atoms with van der Waals surface area (Å²) in [4.78, 5) is 2.24. The summed E-state index contributed by atoms with van der Waals surface area (Å²) in [7, 11) is 2.09. The number of hydrogen-bond donors (Lipinski definition) is 0. The molecule has 2 rings (SSSR count). The highest BCUT2D eigenvalue weighted by Crippen LogP contribution is 2.18. The van der Waals surface area contributed by atoms with Crippen molar-refractivity contribution in [3.8, 4) is 5.75 Å². The number of hydrogen-bond acceptors (Lipinski definition) is 3. The Morgan fingerprint density at radius 2 is 2.12 bits per heavy atom. The van der Waals surface area contributed by atoms with E-state index in [0.29, 0.717) is 6.61 Å². The van der Waals surface area contributed by atoms with Gasteiger partial charge in [0.2, 0.25) is 0 Å². The second kappa shape index (κ2) is 5.32. The number of likely N-dealkylation sites (N-methyl/N-ethyl adjacent to an activating group) is 1. The molecule has 0 bridgehead atoms. The molecule has 1 aromatic carbocycles. The van der Waals surface area contributed by atoms with Crippen LogP contribution < -0.4 is 4.74 Å². The molecule has 16 heavy (non-hydrogen) atoms. The van der Waals surface area contributed by atoms with E-state index in [4.69, 9.17) is 9.47 Å². The summed E-state index contributed by atoms with van der Waals surface area (Å²) in [5.41, 5.74) is 0. The first-order valence-electron chi connectivity index (χ1n) is 5.83. The highest BCUT2D eigenvalue weighted by atomic mass is 16.6. The highest BCUT2D eigenvalue weighted by Gasteiger charge is 2.28. The maximum absolute atomic E-state index is 5.85. The third-order valence-electron chi connectivity index (χ3n) is 2.86. The number of ether oxygens (including phenoxy) is 2. The third-order valence-corrected chi connectivity index (χ3v) is 2.86. The van der Waals surface area contributed by atoms with Crippen molar-refractivity contribution in [1.82, 2.24) is 4.90 Å². The van der Waals surface area contributed by atoms with Gasteiger partial charge in [-0.1, -0.05) is 25.1 Å². The van der Waals surface area contributed by atoms with Gasteiger partial charge in [-0.05, 0) is 25.6 Å². The van der Waals surface area contributed by atoms with E-state index < -0.39 is 0 Å². The van der Waals surface area contributed by atoms with Gasteiger partial charge in [-0.3, -0.25) is 4.90 Å². The molecule has 0 radical (unpaired) electrons. The van der Waals surface area contributed by atoms with Gasteiger partial charge in [0.25, 0.3) is 0 Å².